The van der Waals surface area contributed by atoms with Gasteiger partial charge in [0.2, 0.25) is 5.91 Å². The van der Waals surface area contributed by atoms with Crippen molar-refractivity contribution in [1.82, 2.24) is 15.2 Å². The molecule has 1 aliphatic heterocycles. The Balaban J connectivity index is 1.90. The normalized spacial score (nSPS) is 15.6. The summed E-state index contributed by atoms with van der Waals surface area (Å²) in [6.07, 6.45) is 0. The summed E-state index contributed by atoms with van der Waals surface area (Å²) in [4.78, 5) is 29.6. The molecule has 5 nitrogen and oxygen atoms in total. The summed E-state index contributed by atoms with van der Waals surface area (Å²) < 4.78 is 1.07. The molecule has 1 fully saturated rings. The molecule has 0 atom stereocenters. The van der Waals surface area contributed by atoms with E-state index in [1.54, 1.807) is 28.4 Å². The van der Waals surface area contributed by atoms with Gasteiger partial charge in [-0.05, 0) is 25.1 Å². The van der Waals surface area contributed by atoms with Crippen LogP contribution in [0.4, 0.5) is 0 Å². The van der Waals surface area contributed by atoms with Crippen LogP contribution in [-0.2, 0) is 4.79 Å². The average molecular weight is 275 g/mol. The molecular weight excluding hydrogens is 262 g/mol. The summed E-state index contributed by atoms with van der Waals surface area (Å²) in [7, 11) is 0. The van der Waals surface area contributed by atoms with Crippen LogP contribution in [0.3, 0.4) is 0 Å². The van der Waals surface area contributed by atoms with Crippen LogP contribution in [0.2, 0.25) is 0 Å². The molecule has 3 rings (SSSR count). The third-order valence-electron chi connectivity index (χ3n) is 3.07. The number of aryl methyl sites for hydroxylation is 1. The number of thiazole rings is 1. The standard InChI is InChI=1S/C13H13N3O2S/c1-8-15-10-6-9(2-3-11(10)19-8)13(18)16-5-4-14-12(17)7-16/h2-3,6H,4-5,7H2,1H3,(H,14,17). The zero-order valence-electron chi connectivity index (χ0n) is 10.5. The van der Waals surface area contributed by atoms with Gasteiger partial charge in [-0.1, -0.05) is 0 Å². The minimum atomic E-state index is -0.109. The van der Waals surface area contributed by atoms with Crippen molar-refractivity contribution in [2.24, 2.45) is 0 Å². The molecule has 1 aromatic heterocycles. The van der Waals surface area contributed by atoms with Crippen molar-refractivity contribution in [3.05, 3.63) is 28.8 Å². The molecule has 0 radical (unpaired) electrons. The number of benzene rings is 1. The Morgan fingerprint density at radius 3 is 3.11 bits per heavy atom. The third kappa shape index (κ3) is 2.31. The first-order valence-electron chi connectivity index (χ1n) is 6.06. The van der Waals surface area contributed by atoms with Crippen LogP contribution in [0.25, 0.3) is 10.2 Å². The first-order valence-corrected chi connectivity index (χ1v) is 6.88. The van der Waals surface area contributed by atoms with Crippen LogP contribution < -0.4 is 5.32 Å². The smallest absolute Gasteiger partial charge is 0.254 e. The average Bonchev–Trinajstić information content (AvgIpc) is 2.76. The summed E-state index contributed by atoms with van der Waals surface area (Å²) in [5.74, 6) is -0.215. The highest BCUT2D eigenvalue weighted by atomic mass is 32.1. The van der Waals surface area contributed by atoms with E-state index in [4.69, 9.17) is 0 Å². The van der Waals surface area contributed by atoms with E-state index in [1.165, 1.54) is 0 Å². The molecule has 2 aromatic rings. The van der Waals surface area contributed by atoms with Gasteiger partial charge in [0, 0.05) is 18.7 Å². The van der Waals surface area contributed by atoms with Crippen molar-refractivity contribution < 1.29 is 9.59 Å². The van der Waals surface area contributed by atoms with Gasteiger partial charge in [-0.2, -0.15) is 0 Å². The van der Waals surface area contributed by atoms with Gasteiger partial charge in [-0.3, -0.25) is 9.59 Å². The van der Waals surface area contributed by atoms with E-state index in [1.807, 2.05) is 13.0 Å². The lowest BCUT2D eigenvalue weighted by Gasteiger charge is -2.26. The number of carbonyl (C=O) groups excluding carboxylic acids is 2. The van der Waals surface area contributed by atoms with Crippen LogP contribution in [0.15, 0.2) is 18.2 Å². The molecule has 2 amide bonds. The summed E-state index contributed by atoms with van der Waals surface area (Å²) in [6.45, 7) is 3.15. The van der Waals surface area contributed by atoms with Crippen molar-refractivity contribution in [2.75, 3.05) is 19.6 Å². The first kappa shape index (κ1) is 12.1. The van der Waals surface area contributed by atoms with Crippen molar-refractivity contribution in [3.8, 4) is 0 Å². The lowest BCUT2D eigenvalue weighted by atomic mass is 10.1. The number of aromatic nitrogens is 1. The first-order chi connectivity index (χ1) is 9.13. The molecular formula is C13H13N3O2S. The maximum absolute atomic E-state index is 12.3. The number of hydrogen-bond acceptors (Lipinski definition) is 4. The Labute approximate surface area is 114 Å². The molecule has 0 aliphatic carbocycles. The van der Waals surface area contributed by atoms with Crippen molar-refractivity contribution in [1.29, 1.82) is 0 Å². The number of rotatable bonds is 1. The molecule has 1 aliphatic rings. The monoisotopic (exact) mass is 275 g/mol. The summed E-state index contributed by atoms with van der Waals surface area (Å²) in [5, 5.41) is 3.69. The van der Waals surface area contributed by atoms with Gasteiger partial charge in [-0.15, -0.1) is 11.3 Å². The van der Waals surface area contributed by atoms with Crippen molar-refractivity contribution in [3.63, 3.8) is 0 Å². The maximum Gasteiger partial charge on any atom is 0.254 e. The van der Waals surface area contributed by atoms with Crippen molar-refractivity contribution in [2.45, 2.75) is 6.92 Å². The van der Waals surface area contributed by atoms with E-state index in [-0.39, 0.29) is 18.4 Å². The van der Waals surface area contributed by atoms with Crippen LogP contribution in [0.5, 0.6) is 0 Å². The van der Waals surface area contributed by atoms with Gasteiger partial charge < -0.3 is 10.2 Å². The summed E-state index contributed by atoms with van der Waals surface area (Å²) in [6, 6.07) is 5.51. The number of fused-ring (bicyclic) bond motifs is 1. The number of carbonyl (C=O) groups is 2. The Kier molecular flexibility index (Phi) is 2.94. The molecule has 0 saturated carbocycles. The highest BCUT2D eigenvalue weighted by Gasteiger charge is 2.22. The topological polar surface area (TPSA) is 62.3 Å². The van der Waals surface area contributed by atoms with Gasteiger partial charge in [0.1, 0.15) is 0 Å². The second-order valence-electron chi connectivity index (χ2n) is 4.49. The molecule has 1 N–H and O–H groups in total. The Morgan fingerprint density at radius 1 is 1.47 bits per heavy atom. The lowest BCUT2D eigenvalue weighted by Crippen LogP contribution is -2.49. The highest BCUT2D eigenvalue weighted by molar-refractivity contribution is 7.18. The molecule has 19 heavy (non-hydrogen) atoms. The molecule has 6 heteroatoms. The maximum atomic E-state index is 12.3. The van der Waals surface area contributed by atoms with E-state index >= 15 is 0 Å². The summed E-state index contributed by atoms with van der Waals surface area (Å²) in [5.41, 5.74) is 1.43. The van der Waals surface area contributed by atoms with Crippen LogP contribution in [0, 0.1) is 6.92 Å². The zero-order valence-corrected chi connectivity index (χ0v) is 11.3. The number of hydrogen-bond donors (Lipinski definition) is 1. The van der Waals surface area contributed by atoms with Crippen LogP contribution in [-0.4, -0.2) is 41.3 Å². The highest BCUT2D eigenvalue weighted by Crippen LogP contribution is 2.23. The molecule has 0 unspecified atom stereocenters. The third-order valence-corrected chi connectivity index (χ3v) is 4.02. The minimum Gasteiger partial charge on any atom is -0.353 e. The fourth-order valence-corrected chi connectivity index (χ4v) is 2.98. The quantitative estimate of drug-likeness (QED) is 0.850. The van der Waals surface area contributed by atoms with E-state index in [9.17, 15) is 9.59 Å². The number of piperazine rings is 1. The molecule has 1 saturated heterocycles. The second-order valence-corrected chi connectivity index (χ2v) is 5.73. The molecule has 0 bridgehead atoms. The van der Waals surface area contributed by atoms with Gasteiger partial charge >= 0.3 is 0 Å². The van der Waals surface area contributed by atoms with E-state index < -0.39 is 0 Å². The fraction of sp³-hybridized carbons (Fsp3) is 0.308. The van der Waals surface area contributed by atoms with Crippen molar-refractivity contribution >= 4 is 33.4 Å². The molecule has 98 valence electrons. The number of nitrogens with one attached hydrogen (secondary N) is 1. The van der Waals surface area contributed by atoms with E-state index in [0.717, 1.165) is 15.2 Å². The fourth-order valence-electron chi connectivity index (χ4n) is 2.17. The van der Waals surface area contributed by atoms with Gasteiger partial charge in [-0.25, -0.2) is 4.98 Å². The van der Waals surface area contributed by atoms with Gasteiger partial charge in [0.25, 0.3) is 5.91 Å². The van der Waals surface area contributed by atoms with Gasteiger partial charge in [0.15, 0.2) is 0 Å². The van der Waals surface area contributed by atoms with E-state index in [0.29, 0.717) is 18.7 Å². The van der Waals surface area contributed by atoms with Crippen LogP contribution >= 0.6 is 11.3 Å². The SMILES string of the molecule is Cc1nc2cc(C(=O)N3CCNC(=O)C3)ccc2s1. The molecule has 0 spiro atoms. The molecule has 2 heterocycles. The summed E-state index contributed by atoms with van der Waals surface area (Å²) >= 11 is 1.61. The van der Waals surface area contributed by atoms with Gasteiger partial charge in [0.05, 0.1) is 21.8 Å². The predicted molar refractivity (Wildman–Crippen MR) is 73.3 cm³/mol. The van der Waals surface area contributed by atoms with E-state index in [2.05, 4.69) is 10.3 Å². The lowest BCUT2D eigenvalue weighted by molar-refractivity contribution is -0.123. The number of amides is 2. The Hall–Kier alpha value is -1.95. The number of nitrogens with zero attached hydrogens (tertiary/aromatic N) is 2. The Bertz CT molecular complexity index is 665. The molecule has 1 aromatic carbocycles. The Morgan fingerprint density at radius 2 is 2.32 bits per heavy atom. The largest absolute Gasteiger partial charge is 0.353 e. The minimum absolute atomic E-state index is 0.106. The zero-order chi connectivity index (χ0) is 13.4. The predicted octanol–water partition coefficient (Wildman–Crippen LogP) is 1.18. The van der Waals surface area contributed by atoms with Crippen LogP contribution in [0.1, 0.15) is 15.4 Å². The second kappa shape index (κ2) is 4.62.